The van der Waals surface area contributed by atoms with Gasteiger partial charge in [0.05, 0.1) is 18.8 Å². The van der Waals surface area contributed by atoms with Crippen LogP contribution >= 0.6 is 0 Å². The molecule has 0 amide bonds. The number of piperidine rings is 1. The zero-order valence-corrected chi connectivity index (χ0v) is 18.6. The van der Waals surface area contributed by atoms with Gasteiger partial charge in [0.2, 0.25) is 0 Å². The Kier molecular flexibility index (Phi) is 6.17. The molecule has 3 heterocycles. The second-order valence-corrected chi connectivity index (χ2v) is 8.93. The Labute approximate surface area is 186 Å². The zero-order valence-electron chi connectivity index (χ0n) is 18.6. The molecule has 2 aliphatic heterocycles. The van der Waals surface area contributed by atoms with Crippen molar-refractivity contribution in [2.24, 2.45) is 0 Å². The number of nitrogens with zero attached hydrogens (tertiary/aromatic N) is 4. The van der Waals surface area contributed by atoms with Gasteiger partial charge in [-0.3, -0.25) is 4.90 Å². The molecule has 1 atom stereocenters. The van der Waals surface area contributed by atoms with Crippen LogP contribution in [-0.2, 0) is 15.1 Å². The minimum atomic E-state index is -4.20. The Morgan fingerprint density at radius 1 is 1.12 bits per heavy atom. The van der Waals surface area contributed by atoms with Crippen molar-refractivity contribution in [3.05, 3.63) is 54.0 Å². The zero-order chi connectivity index (χ0) is 23.0. The third-order valence-corrected chi connectivity index (χ3v) is 6.45. The first kappa shape index (κ1) is 22.9. The lowest BCUT2D eigenvalue weighted by Gasteiger charge is -2.41. The fraction of sp³-hybridized carbons (Fsp3) is 0.565. The van der Waals surface area contributed by atoms with Crippen molar-refractivity contribution in [1.82, 2.24) is 14.9 Å². The Hall–Kier alpha value is -2.23. The second kappa shape index (κ2) is 8.61. The molecular weight excluding hydrogens is 421 g/mol. The third kappa shape index (κ3) is 4.74. The summed E-state index contributed by atoms with van der Waals surface area (Å²) in [5, 5.41) is 0. The summed E-state index contributed by atoms with van der Waals surface area (Å²) in [7, 11) is 1.59. The number of rotatable bonds is 5. The number of benzene rings is 1. The number of methoxy groups -OCH3 is 1. The van der Waals surface area contributed by atoms with Gasteiger partial charge in [0.25, 0.3) is 0 Å². The minimum Gasteiger partial charge on any atom is -0.372 e. The van der Waals surface area contributed by atoms with Gasteiger partial charge in [-0.2, -0.15) is 13.2 Å². The lowest BCUT2D eigenvalue weighted by atomic mass is 9.87. The van der Waals surface area contributed by atoms with E-state index in [1.165, 1.54) is 11.2 Å². The Bertz CT molecular complexity index is 915. The van der Waals surface area contributed by atoms with E-state index < -0.39 is 24.0 Å². The summed E-state index contributed by atoms with van der Waals surface area (Å²) >= 11 is 0. The molecule has 0 aliphatic carbocycles. The fourth-order valence-electron chi connectivity index (χ4n) is 4.68. The monoisotopic (exact) mass is 450 g/mol. The van der Waals surface area contributed by atoms with E-state index in [0.717, 1.165) is 5.56 Å². The highest BCUT2D eigenvalue weighted by Crippen LogP contribution is 2.41. The SMILES string of the molecule is COC1(c2cc(N3C[C@@H](c4ccccc4)OC3(C)C)ncn2)CCN(CC(F)(F)F)CC1. The van der Waals surface area contributed by atoms with E-state index in [-0.39, 0.29) is 6.10 Å². The first-order valence-electron chi connectivity index (χ1n) is 10.8. The molecule has 1 aromatic heterocycles. The lowest BCUT2D eigenvalue weighted by Crippen LogP contribution is -2.47. The van der Waals surface area contributed by atoms with Crippen LogP contribution in [0.3, 0.4) is 0 Å². The van der Waals surface area contributed by atoms with E-state index in [1.54, 1.807) is 7.11 Å². The van der Waals surface area contributed by atoms with Crippen molar-refractivity contribution >= 4 is 5.82 Å². The topological polar surface area (TPSA) is 50.7 Å². The summed E-state index contributed by atoms with van der Waals surface area (Å²) < 4.78 is 50.5. The van der Waals surface area contributed by atoms with Crippen LogP contribution < -0.4 is 4.90 Å². The maximum absolute atomic E-state index is 12.8. The van der Waals surface area contributed by atoms with E-state index in [0.29, 0.717) is 44.0 Å². The van der Waals surface area contributed by atoms with Crippen LogP contribution in [0.25, 0.3) is 0 Å². The van der Waals surface area contributed by atoms with Crippen LogP contribution in [0, 0.1) is 0 Å². The highest BCUT2D eigenvalue weighted by molar-refractivity contribution is 5.45. The molecule has 2 aromatic rings. The predicted octanol–water partition coefficient (Wildman–Crippen LogP) is 4.29. The fourth-order valence-corrected chi connectivity index (χ4v) is 4.68. The third-order valence-electron chi connectivity index (χ3n) is 6.45. The molecule has 0 bridgehead atoms. The van der Waals surface area contributed by atoms with Gasteiger partial charge < -0.3 is 14.4 Å². The van der Waals surface area contributed by atoms with Crippen LogP contribution in [0.1, 0.15) is 44.1 Å². The van der Waals surface area contributed by atoms with Gasteiger partial charge in [-0.15, -0.1) is 0 Å². The van der Waals surface area contributed by atoms with Crippen LogP contribution in [0.5, 0.6) is 0 Å². The van der Waals surface area contributed by atoms with Crippen molar-refractivity contribution < 1.29 is 22.6 Å². The smallest absolute Gasteiger partial charge is 0.372 e. The number of halogens is 3. The Morgan fingerprint density at radius 2 is 1.81 bits per heavy atom. The summed E-state index contributed by atoms with van der Waals surface area (Å²) in [6.07, 6.45) is -1.93. The van der Waals surface area contributed by atoms with E-state index in [1.807, 2.05) is 50.2 Å². The average molecular weight is 451 g/mol. The molecule has 2 saturated heterocycles. The summed E-state index contributed by atoms with van der Waals surface area (Å²) in [5.74, 6) is 0.715. The van der Waals surface area contributed by atoms with Gasteiger partial charge in [0.15, 0.2) is 0 Å². The number of anilines is 1. The maximum atomic E-state index is 12.8. The molecule has 0 saturated carbocycles. The molecule has 6 nitrogen and oxygen atoms in total. The highest BCUT2D eigenvalue weighted by Gasteiger charge is 2.43. The largest absolute Gasteiger partial charge is 0.401 e. The van der Waals surface area contributed by atoms with Crippen molar-refractivity contribution in [2.75, 3.05) is 38.2 Å². The lowest BCUT2D eigenvalue weighted by molar-refractivity contribution is -0.157. The molecule has 0 unspecified atom stereocenters. The van der Waals surface area contributed by atoms with E-state index in [4.69, 9.17) is 9.47 Å². The molecule has 2 fully saturated rings. The molecular formula is C23H29F3N4O2. The Balaban J connectivity index is 1.54. The molecule has 0 spiro atoms. The summed E-state index contributed by atoms with van der Waals surface area (Å²) in [4.78, 5) is 12.5. The van der Waals surface area contributed by atoms with Gasteiger partial charge in [0.1, 0.15) is 29.6 Å². The number of hydrogen-bond acceptors (Lipinski definition) is 6. The Morgan fingerprint density at radius 3 is 2.44 bits per heavy atom. The minimum absolute atomic E-state index is 0.0911. The van der Waals surface area contributed by atoms with Crippen molar-refractivity contribution in [3.8, 4) is 0 Å². The van der Waals surface area contributed by atoms with Crippen LogP contribution in [0.2, 0.25) is 0 Å². The number of alkyl halides is 3. The van der Waals surface area contributed by atoms with Crippen molar-refractivity contribution in [1.29, 1.82) is 0 Å². The molecule has 2 aliphatic rings. The normalized spacial score (nSPS) is 23.4. The number of likely N-dealkylation sites (tertiary alicyclic amines) is 1. The van der Waals surface area contributed by atoms with Gasteiger partial charge in [-0.25, -0.2) is 9.97 Å². The maximum Gasteiger partial charge on any atom is 0.401 e. The second-order valence-electron chi connectivity index (χ2n) is 8.93. The molecule has 4 rings (SSSR count). The number of ether oxygens (including phenoxy) is 2. The van der Waals surface area contributed by atoms with E-state index in [9.17, 15) is 13.2 Å². The standard InChI is InChI=1S/C23H29F3N4O2/c1-21(2)30(14-18(32-21)17-7-5-4-6-8-17)20-13-19(27-16-28-20)22(31-3)9-11-29(12-10-22)15-23(24,25)26/h4-8,13,16,18H,9-12,14-15H2,1-3H3/t18-/m0/s1. The van der Waals surface area contributed by atoms with Gasteiger partial charge >= 0.3 is 6.18 Å². The summed E-state index contributed by atoms with van der Waals surface area (Å²) in [5.41, 5.74) is 0.476. The predicted molar refractivity (Wildman–Crippen MR) is 114 cm³/mol. The molecule has 0 radical (unpaired) electrons. The molecule has 32 heavy (non-hydrogen) atoms. The first-order chi connectivity index (χ1) is 15.1. The van der Waals surface area contributed by atoms with Gasteiger partial charge in [0, 0.05) is 26.3 Å². The van der Waals surface area contributed by atoms with E-state index in [2.05, 4.69) is 14.9 Å². The highest BCUT2D eigenvalue weighted by atomic mass is 19.4. The van der Waals surface area contributed by atoms with Crippen LogP contribution in [0.4, 0.5) is 19.0 Å². The van der Waals surface area contributed by atoms with Crippen LogP contribution in [-0.4, -0.2) is 60.1 Å². The summed E-state index contributed by atoms with van der Waals surface area (Å²) in [6, 6.07) is 11.9. The summed E-state index contributed by atoms with van der Waals surface area (Å²) in [6.45, 7) is 4.32. The van der Waals surface area contributed by atoms with Crippen LogP contribution in [0.15, 0.2) is 42.7 Å². The van der Waals surface area contributed by atoms with Crippen molar-refractivity contribution in [2.45, 2.75) is 50.3 Å². The van der Waals surface area contributed by atoms with Gasteiger partial charge in [-0.1, -0.05) is 30.3 Å². The number of aromatic nitrogens is 2. The molecule has 0 N–H and O–H groups in total. The van der Waals surface area contributed by atoms with E-state index >= 15 is 0 Å². The van der Waals surface area contributed by atoms with Gasteiger partial charge in [-0.05, 0) is 32.3 Å². The quantitative estimate of drug-likeness (QED) is 0.678. The molecule has 9 heteroatoms. The molecule has 174 valence electrons. The number of hydrogen-bond donors (Lipinski definition) is 0. The average Bonchev–Trinajstić information content (AvgIpc) is 3.09. The van der Waals surface area contributed by atoms with Crippen molar-refractivity contribution in [3.63, 3.8) is 0 Å². The molecule has 1 aromatic carbocycles. The first-order valence-corrected chi connectivity index (χ1v) is 10.8.